The van der Waals surface area contributed by atoms with E-state index in [1.165, 1.54) is 18.2 Å². The molecule has 0 saturated heterocycles. The standard InChI is InChI=1S/C8H11FO/c1-3-7(9)5-6-8(10)4-2/h3,5-6H,4H2,1-2H3/b6-5-,7-3+. The molecule has 0 amide bonds. The van der Waals surface area contributed by atoms with E-state index in [0.29, 0.717) is 6.42 Å². The first-order valence-electron chi connectivity index (χ1n) is 3.23. The molecule has 0 N–H and O–H groups in total. The molecular weight excluding hydrogens is 131 g/mol. The van der Waals surface area contributed by atoms with Gasteiger partial charge in [0, 0.05) is 6.42 Å². The maximum absolute atomic E-state index is 12.3. The summed E-state index contributed by atoms with van der Waals surface area (Å²) in [6, 6.07) is 0. The Morgan fingerprint density at radius 1 is 1.50 bits per heavy atom. The van der Waals surface area contributed by atoms with Crippen LogP contribution in [0.4, 0.5) is 4.39 Å². The van der Waals surface area contributed by atoms with Gasteiger partial charge in [0.05, 0.1) is 0 Å². The van der Waals surface area contributed by atoms with Crippen LogP contribution in [-0.4, -0.2) is 5.78 Å². The van der Waals surface area contributed by atoms with Crippen molar-refractivity contribution in [3.63, 3.8) is 0 Å². The Labute approximate surface area is 60.2 Å². The first-order chi connectivity index (χ1) is 4.70. The van der Waals surface area contributed by atoms with Crippen molar-refractivity contribution in [2.24, 2.45) is 0 Å². The topological polar surface area (TPSA) is 17.1 Å². The van der Waals surface area contributed by atoms with Gasteiger partial charge in [-0.1, -0.05) is 13.0 Å². The number of hydrogen-bond donors (Lipinski definition) is 0. The van der Waals surface area contributed by atoms with Crippen molar-refractivity contribution in [3.8, 4) is 0 Å². The average molecular weight is 142 g/mol. The summed E-state index contributed by atoms with van der Waals surface area (Å²) in [5.41, 5.74) is 0. The van der Waals surface area contributed by atoms with Crippen LogP contribution in [-0.2, 0) is 4.79 Å². The molecule has 10 heavy (non-hydrogen) atoms. The minimum absolute atomic E-state index is 0.0583. The summed E-state index contributed by atoms with van der Waals surface area (Å²) in [5.74, 6) is -0.432. The van der Waals surface area contributed by atoms with Crippen LogP contribution in [0.25, 0.3) is 0 Å². The normalized spacial score (nSPS) is 12.5. The predicted octanol–water partition coefficient (Wildman–Crippen LogP) is 2.40. The fourth-order valence-electron chi connectivity index (χ4n) is 0.387. The van der Waals surface area contributed by atoms with Crippen molar-refractivity contribution in [3.05, 3.63) is 24.1 Å². The Balaban J connectivity index is 3.88. The smallest absolute Gasteiger partial charge is 0.155 e. The Bertz CT molecular complexity index is 168. The zero-order valence-corrected chi connectivity index (χ0v) is 6.23. The Kier molecular flexibility index (Phi) is 4.46. The van der Waals surface area contributed by atoms with Gasteiger partial charge < -0.3 is 0 Å². The zero-order chi connectivity index (χ0) is 7.98. The van der Waals surface area contributed by atoms with Gasteiger partial charge in [0.2, 0.25) is 0 Å². The van der Waals surface area contributed by atoms with E-state index in [2.05, 4.69) is 0 Å². The highest BCUT2D eigenvalue weighted by molar-refractivity contribution is 5.89. The largest absolute Gasteiger partial charge is 0.295 e. The molecule has 0 atom stereocenters. The summed E-state index contributed by atoms with van der Waals surface area (Å²) in [5, 5.41) is 0. The second kappa shape index (κ2) is 4.91. The number of ketones is 1. The van der Waals surface area contributed by atoms with Crippen molar-refractivity contribution >= 4 is 5.78 Å². The van der Waals surface area contributed by atoms with Crippen LogP contribution in [0.15, 0.2) is 24.1 Å². The van der Waals surface area contributed by atoms with Gasteiger partial charge in [0.1, 0.15) is 5.83 Å². The van der Waals surface area contributed by atoms with Gasteiger partial charge in [-0.3, -0.25) is 4.79 Å². The Hall–Kier alpha value is -0.920. The average Bonchev–Trinajstić information content (AvgIpc) is 1.99. The summed E-state index contributed by atoms with van der Waals surface area (Å²) >= 11 is 0. The number of allylic oxidation sites excluding steroid dienone is 4. The molecule has 0 aliphatic carbocycles. The third kappa shape index (κ3) is 4.01. The summed E-state index contributed by atoms with van der Waals surface area (Å²) < 4.78 is 12.3. The fourth-order valence-corrected chi connectivity index (χ4v) is 0.387. The molecule has 0 bridgehead atoms. The van der Waals surface area contributed by atoms with Crippen LogP contribution < -0.4 is 0 Å². The van der Waals surface area contributed by atoms with Crippen molar-refractivity contribution in [1.82, 2.24) is 0 Å². The third-order valence-electron chi connectivity index (χ3n) is 1.05. The second-order valence-corrected chi connectivity index (χ2v) is 1.83. The molecule has 2 heteroatoms. The van der Waals surface area contributed by atoms with Crippen molar-refractivity contribution in [1.29, 1.82) is 0 Å². The first kappa shape index (κ1) is 9.08. The van der Waals surface area contributed by atoms with Gasteiger partial charge in [-0.2, -0.15) is 0 Å². The molecule has 0 spiro atoms. The van der Waals surface area contributed by atoms with Crippen molar-refractivity contribution in [2.75, 3.05) is 0 Å². The van der Waals surface area contributed by atoms with Gasteiger partial charge in [-0.15, -0.1) is 0 Å². The Morgan fingerprint density at radius 2 is 2.10 bits per heavy atom. The molecule has 0 unspecified atom stereocenters. The van der Waals surface area contributed by atoms with Gasteiger partial charge >= 0.3 is 0 Å². The maximum atomic E-state index is 12.3. The van der Waals surface area contributed by atoms with Gasteiger partial charge in [0.15, 0.2) is 5.78 Å². The minimum Gasteiger partial charge on any atom is -0.295 e. The molecule has 0 fully saturated rings. The fraction of sp³-hybridized carbons (Fsp3) is 0.375. The van der Waals surface area contributed by atoms with E-state index in [1.54, 1.807) is 13.8 Å². The number of carbonyl (C=O) groups excluding carboxylic acids is 1. The van der Waals surface area contributed by atoms with E-state index in [9.17, 15) is 9.18 Å². The van der Waals surface area contributed by atoms with Crippen LogP contribution >= 0.6 is 0 Å². The van der Waals surface area contributed by atoms with Gasteiger partial charge in [-0.05, 0) is 19.1 Å². The van der Waals surface area contributed by atoms with Crippen LogP contribution in [0.2, 0.25) is 0 Å². The molecular formula is C8H11FO. The molecule has 56 valence electrons. The van der Waals surface area contributed by atoms with Crippen LogP contribution in [0, 0.1) is 0 Å². The molecule has 0 aromatic rings. The highest BCUT2D eigenvalue weighted by Crippen LogP contribution is 1.97. The summed E-state index contributed by atoms with van der Waals surface area (Å²) in [4.78, 5) is 10.6. The first-order valence-corrected chi connectivity index (χ1v) is 3.23. The molecule has 1 nitrogen and oxygen atoms in total. The van der Waals surface area contributed by atoms with Gasteiger partial charge in [-0.25, -0.2) is 4.39 Å². The molecule has 0 rings (SSSR count). The molecule has 0 aromatic carbocycles. The molecule has 0 saturated carbocycles. The van der Waals surface area contributed by atoms with E-state index in [-0.39, 0.29) is 11.6 Å². The van der Waals surface area contributed by atoms with E-state index >= 15 is 0 Å². The quantitative estimate of drug-likeness (QED) is 0.436. The SMILES string of the molecule is C/C=C(F)\C=C/C(=O)CC. The number of carbonyl (C=O) groups is 1. The van der Waals surface area contributed by atoms with Crippen LogP contribution in [0.1, 0.15) is 20.3 Å². The van der Waals surface area contributed by atoms with Crippen molar-refractivity contribution in [2.45, 2.75) is 20.3 Å². The lowest BCUT2D eigenvalue weighted by Crippen LogP contribution is -1.86. The lowest BCUT2D eigenvalue weighted by atomic mass is 10.3. The highest BCUT2D eigenvalue weighted by atomic mass is 19.1. The molecule has 0 radical (unpaired) electrons. The van der Waals surface area contributed by atoms with E-state index in [1.807, 2.05) is 0 Å². The van der Waals surface area contributed by atoms with Crippen LogP contribution in [0.3, 0.4) is 0 Å². The Morgan fingerprint density at radius 3 is 2.50 bits per heavy atom. The minimum atomic E-state index is -0.373. The van der Waals surface area contributed by atoms with Crippen molar-refractivity contribution < 1.29 is 9.18 Å². The maximum Gasteiger partial charge on any atom is 0.155 e. The summed E-state index contributed by atoms with van der Waals surface area (Å²) in [6.45, 7) is 3.32. The monoisotopic (exact) mass is 142 g/mol. The molecule has 0 aliphatic rings. The number of hydrogen-bond acceptors (Lipinski definition) is 1. The second-order valence-electron chi connectivity index (χ2n) is 1.83. The molecule has 0 aromatic heterocycles. The lowest BCUT2D eigenvalue weighted by Gasteiger charge is -1.83. The van der Waals surface area contributed by atoms with Gasteiger partial charge in [0.25, 0.3) is 0 Å². The van der Waals surface area contributed by atoms with E-state index in [4.69, 9.17) is 0 Å². The molecule has 0 aliphatic heterocycles. The highest BCUT2D eigenvalue weighted by Gasteiger charge is 1.89. The van der Waals surface area contributed by atoms with E-state index in [0.717, 1.165) is 0 Å². The lowest BCUT2D eigenvalue weighted by molar-refractivity contribution is -0.114. The molecule has 0 heterocycles. The predicted molar refractivity (Wildman–Crippen MR) is 39.3 cm³/mol. The summed E-state index contributed by atoms with van der Waals surface area (Å²) in [6.07, 6.45) is 4.15. The zero-order valence-electron chi connectivity index (χ0n) is 6.23. The summed E-state index contributed by atoms with van der Waals surface area (Å²) in [7, 11) is 0. The third-order valence-corrected chi connectivity index (χ3v) is 1.05. The van der Waals surface area contributed by atoms with E-state index < -0.39 is 0 Å². The van der Waals surface area contributed by atoms with Crippen LogP contribution in [0.5, 0.6) is 0 Å². The number of halogens is 1. The number of rotatable bonds is 3.